The molecule has 2 rings (SSSR count). The van der Waals surface area contributed by atoms with Crippen LogP contribution in [0.4, 0.5) is 0 Å². The second-order valence-corrected chi connectivity index (χ2v) is 2.23. The predicted molar refractivity (Wildman–Crippen MR) is 31.4 cm³/mol. The van der Waals surface area contributed by atoms with Crippen molar-refractivity contribution >= 4 is 5.78 Å². The Hall–Kier alpha value is -1.05. The fourth-order valence-electron chi connectivity index (χ4n) is 1.14. The average molecular weight is 122 g/mol. The van der Waals surface area contributed by atoms with Gasteiger partial charge >= 0.3 is 0 Å². The summed E-state index contributed by atoms with van der Waals surface area (Å²) in [7, 11) is 0. The van der Waals surface area contributed by atoms with Gasteiger partial charge in [0.1, 0.15) is 6.26 Å². The molecule has 0 saturated heterocycles. The fourth-order valence-corrected chi connectivity index (χ4v) is 1.14. The molecule has 1 aliphatic carbocycles. The zero-order valence-corrected chi connectivity index (χ0v) is 4.89. The lowest BCUT2D eigenvalue weighted by Crippen LogP contribution is -1.86. The minimum atomic E-state index is 0.221. The molecule has 0 N–H and O–H groups in total. The molecule has 2 heteroatoms. The maximum Gasteiger partial charge on any atom is 0.166 e. The Morgan fingerprint density at radius 1 is 1.33 bits per heavy atom. The van der Waals surface area contributed by atoms with E-state index >= 15 is 0 Å². The summed E-state index contributed by atoms with van der Waals surface area (Å²) in [5.74, 6) is 0.221. The van der Waals surface area contributed by atoms with Gasteiger partial charge < -0.3 is 4.42 Å². The molecule has 0 bridgehead atoms. The first-order chi connectivity index (χ1) is 4.38. The molecule has 9 heavy (non-hydrogen) atoms. The van der Waals surface area contributed by atoms with Gasteiger partial charge in [-0.2, -0.15) is 0 Å². The summed E-state index contributed by atoms with van der Waals surface area (Å²) in [6.45, 7) is 0. The quantitative estimate of drug-likeness (QED) is 0.520. The summed E-state index contributed by atoms with van der Waals surface area (Å²) in [6.07, 6.45) is 4.72. The van der Waals surface area contributed by atoms with Crippen LogP contribution in [0.2, 0.25) is 0 Å². The van der Waals surface area contributed by atoms with Crippen molar-refractivity contribution < 1.29 is 9.21 Å². The number of carbonyl (C=O) groups is 1. The van der Waals surface area contributed by atoms with E-state index in [1.54, 1.807) is 6.26 Å². The first-order valence-electron chi connectivity index (χ1n) is 2.96. The van der Waals surface area contributed by atoms with E-state index in [-0.39, 0.29) is 5.78 Å². The summed E-state index contributed by atoms with van der Waals surface area (Å²) in [5, 5.41) is 0. The maximum absolute atomic E-state index is 10.9. The number of ketones is 1. The third kappa shape index (κ3) is 0.529. The Bertz CT molecular complexity index is 247. The maximum atomic E-state index is 10.9. The van der Waals surface area contributed by atoms with Gasteiger partial charge in [0.25, 0.3) is 0 Å². The van der Waals surface area contributed by atoms with Crippen LogP contribution < -0.4 is 0 Å². The van der Waals surface area contributed by atoms with Gasteiger partial charge in [0.05, 0.1) is 11.8 Å². The van der Waals surface area contributed by atoms with Crippen molar-refractivity contribution in [1.82, 2.24) is 0 Å². The van der Waals surface area contributed by atoms with Gasteiger partial charge in [0.15, 0.2) is 5.78 Å². The van der Waals surface area contributed by atoms with Crippen molar-refractivity contribution in [2.75, 3.05) is 0 Å². The Morgan fingerprint density at radius 2 is 2.22 bits per heavy atom. The van der Waals surface area contributed by atoms with Crippen LogP contribution in [0.1, 0.15) is 22.3 Å². The number of furan rings is 1. The third-order valence-electron chi connectivity index (χ3n) is 1.66. The molecule has 1 aromatic rings. The smallest absolute Gasteiger partial charge is 0.166 e. The number of carbonyl (C=O) groups excluding carboxylic acids is 1. The number of fused-ring (bicyclic) bond motifs is 1. The van der Waals surface area contributed by atoms with Crippen LogP contribution in [0.25, 0.3) is 0 Å². The Labute approximate surface area is 52.5 Å². The predicted octanol–water partition coefficient (Wildman–Crippen LogP) is 1.41. The molecule has 1 aromatic heterocycles. The van der Waals surface area contributed by atoms with Gasteiger partial charge in [-0.15, -0.1) is 0 Å². The summed E-state index contributed by atoms with van der Waals surface area (Å²) >= 11 is 0. The molecule has 0 unspecified atom stereocenters. The molecule has 0 radical (unpaired) electrons. The highest BCUT2D eigenvalue weighted by Crippen LogP contribution is 2.21. The largest absolute Gasteiger partial charge is 0.472 e. The van der Waals surface area contributed by atoms with Gasteiger partial charge in [0.2, 0.25) is 0 Å². The second-order valence-electron chi connectivity index (χ2n) is 2.23. The van der Waals surface area contributed by atoms with Gasteiger partial charge in [-0.3, -0.25) is 4.79 Å². The van der Waals surface area contributed by atoms with Gasteiger partial charge in [-0.05, 0) is 6.42 Å². The third-order valence-corrected chi connectivity index (χ3v) is 1.66. The molecule has 0 amide bonds. The lowest BCUT2D eigenvalue weighted by atomic mass is 10.2. The Kier molecular flexibility index (Phi) is 0.781. The van der Waals surface area contributed by atoms with E-state index in [2.05, 4.69) is 0 Å². The first-order valence-corrected chi connectivity index (χ1v) is 2.96. The molecule has 1 aliphatic rings. The monoisotopic (exact) mass is 122 g/mol. The van der Waals surface area contributed by atoms with Crippen molar-refractivity contribution in [2.45, 2.75) is 12.8 Å². The molecule has 0 aromatic carbocycles. The van der Waals surface area contributed by atoms with Crippen molar-refractivity contribution in [1.29, 1.82) is 0 Å². The molecular weight excluding hydrogens is 116 g/mol. The molecule has 0 aliphatic heterocycles. The van der Waals surface area contributed by atoms with Crippen molar-refractivity contribution in [3.05, 3.63) is 23.7 Å². The van der Waals surface area contributed by atoms with E-state index in [9.17, 15) is 4.79 Å². The molecule has 1 heterocycles. The Morgan fingerprint density at radius 3 is 3.00 bits per heavy atom. The van der Waals surface area contributed by atoms with Crippen LogP contribution in [-0.2, 0) is 6.42 Å². The average Bonchev–Trinajstić information content (AvgIpc) is 2.35. The number of hydrogen-bond acceptors (Lipinski definition) is 2. The van der Waals surface area contributed by atoms with E-state index in [4.69, 9.17) is 4.42 Å². The van der Waals surface area contributed by atoms with Crippen LogP contribution in [0.5, 0.6) is 0 Å². The summed E-state index contributed by atoms with van der Waals surface area (Å²) in [5.41, 5.74) is 1.86. The van der Waals surface area contributed by atoms with E-state index < -0.39 is 0 Å². The summed E-state index contributed by atoms with van der Waals surface area (Å²) < 4.78 is 4.84. The molecule has 2 nitrogen and oxygen atoms in total. The minimum Gasteiger partial charge on any atom is -0.472 e. The number of aryl methyl sites for hydroxylation is 1. The summed E-state index contributed by atoms with van der Waals surface area (Å²) in [4.78, 5) is 10.9. The normalized spacial score (nSPS) is 16.2. The molecule has 46 valence electrons. The lowest BCUT2D eigenvalue weighted by molar-refractivity contribution is 0.0993. The SMILES string of the molecule is O=C1CCc2cocc21. The molecule has 0 fully saturated rings. The second kappa shape index (κ2) is 1.47. The lowest BCUT2D eigenvalue weighted by Gasteiger charge is -1.78. The zero-order chi connectivity index (χ0) is 6.27. The molecule has 0 saturated carbocycles. The summed E-state index contributed by atoms with van der Waals surface area (Å²) in [6, 6.07) is 0. The minimum absolute atomic E-state index is 0.221. The van der Waals surface area contributed by atoms with Crippen molar-refractivity contribution in [3.8, 4) is 0 Å². The van der Waals surface area contributed by atoms with Crippen LogP contribution in [0.3, 0.4) is 0 Å². The van der Waals surface area contributed by atoms with E-state index in [1.165, 1.54) is 6.26 Å². The van der Waals surface area contributed by atoms with Crippen LogP contribution >= 0.6 is 0 Å². The fraction of sp³-hybridized carbons (Fsp3) is 0.286. The number of Topliss-reactive ketones (excluding diaryl/α,β-unsaturated/α-hetero) is 1. The highest BCUT2D eigenvalue weighted by Gasteiger charge is 2.20. The highest BCUT2D eigenvalue weighted by atomic mass is 16.3. The van der Waals surface area contributed by atoms with E-state index in [0.29, 0.717) is 6.42 Å². The number of rotatable bonds is 0. The Balaban J connectivity index is 2.61. The van der Waals surface area contributed by atoms with Crippen LogP contribution in [0.15, 0.2) is 16.9 Å². The number of hydrogen-bond donors (Lipinski definition) is 0. The van der Waals surface area contributed by atoms with Crippen LogP contribution in [-0.4, -0.2) is 5.78 Å². The zero-order valence-electron chi connectivity index (χ0n) is 4.89. The van der Waals surface area contributed by atoms with E-state index in [1.807, 2.05) is 0 Å². The van der Waals surface area contributed by atoms with Gasteiger partial charge in [0, 0.05) is 12.0 Å². The standard InChI is InChI=1S/C7H6O2/c8-7-2-1-5-3-9-4-6(5)7/h3-4H,1-2H2. The van der Waals surface area contributed by atoms with Crippen molar-refractivity contribution in [2.24, 2.45) is 0 Å². The molecule has 0 spiro atoms. The highest BCUT2D eigenvalue weighted by molar-refractivity contribution is 5.99. The van der Waals surface area contributed by atoms with E-state index in [0.717, 1.165) is 17.5 Å². The van der Waals surface area contributed by atoms with Crippen LogP contribution in [0, 0.1) is 0 Å². The van der Waals surface area contributed by atoms with Gasteiger partial charge in [-0.25, -0.2) is 0 Å². The van der Waals surface area contributed by atoms with Crippen molar-refractivity contribution in [3.63, 3.8) is 0 Å². The van der Waals surface area contributed by atoms with Gasteiger partial charge in [-0.1, -0.05) is 0 Å². The molecular formula is C7H6O2. The first kappa shape index (κ1) is 4.79. The topological polar surface area (TPSA) is 30.2 Å². The molecule has 0 atom stereocenters.